The summed E-state index contributed by atoms with van der Waals surface area (Å²) < 4.78 is 0. The zero-order valence-corrected chi connectivity index (χ0v) is 17.1. The van der Waals surface area contributed by atoms with Gasteiger partial charge in [-0.15, -0.1) is 0 Å². The summed E-state index contributed by atoms with van der Waals surface area (Å²) in [7, 11) is -0.551. The minimum absolute atomic E-state index is 0.551. The van der Waals surface area contributed by atoms with Gasteiger partial charge in [-0.25, -0.2) is 0 Å². The van der Waals surface area contributed by atoms with Crippen molar-refractivity contribution in [1.29, 1.82) is 0 Å². The number of benzene rings is 3. The summed E-state index contributed by atoms with van der Waals surface area (Å²) in [5.74, 6) is 0. The van der Waals surface area contributed by atoms with Crippen LogP contribution in [0.3, 0.4) is 0 Å². The Bertz CT molecular complexity index is 1120. The van der Waals surface area contributed by atoms with Crippen LogP contribution in [0, 0.1) is 13.8 Å². The van der Waals surface area contributed by atoms with Gasteiger partial charge in [-0.3, -0.25) is 9.98 Å². The highest BCUT2D eigenvalue weighted by Crippen LogP contribution is 2.56. The first kappa shape index (κ1) is 17.7. The molecule has 0 bridgehead atoms. The molecule has 3 heteroatoms. The van der Waals surface area contributed by atoms with Gasteiger partial charge in [0.2, 0.25) is 0 Å². The Labute approximate surface area is 161 Å². The molecule has 1 aromatic heterocycles. The highest BCUT2D eigenvalue weighted by atomic mass is 31.1. The lowest BCUT2D eigenvalue weighted by Crippen LogP contribution is -1.77. The van der Waals surface area contributed by atoms with Gasteiger partial charge in [0.15, 0.2) is 0 Å². The van der Waals surface area contributed by atoms with Crippen molar-refractivity contribution in [3.05, 3.63) is 65.7 Å². The Morgan fingerprint density at radius 1 is 0.704 bits per heavy atom. The van der Waals surface area contributed by atoms with Gasteiger partial charge in [0.25, 0.3) is 0 Å². The fourth-order valence-electron chi connectivity index (χ4n) is 3.71. The number of aliphatic imine (C=N–C) groups is 2. The van der Waals surface area contributed by atoms with E-state index in [1.54, 1.807) is 0 Å². The monoisotopic (exact) mass is 370 g/mol. The zero-order valence-electron chi connectivity index (χ0n) is 16.2. The number of hydrogen-bond acceptors (Lipinski definition) is 2. The molecule has 2 nitrogen and oxygen atoms in total. The van der Waals surface area contributed by atoms with Crippen molar-refractivity contribution in [2.24, 2.45) is 9.98 Å². The molecule has 0 spiro atoms. The molecule has 0 fully saturated rings. The number of hydrogen-bond donors (Lipinski definition) is 0. The van der Waals surface area contributed by atoms with Gasteiger partial charge in [0.05, 0.1) is 11.4 Å². The standard InChI is InChI=1S/C24H23N2P/c1-5-25-21-14-19-20-15-22(26-6-2)17(4)13-24(20)27(23(19)12-16(21)3)18-10-8-7-9-11-18/h5-15H,1-4H3. The molecule has 27 heavy (non-hydrogen) atoms. The number of rotatable bonds is 3. The van der Waals surface area contributed by atoms with Crippen LogP contribution in [-0.2, 0) is 0 Å². The molecule has 0 aliphatic heterocycles. The summed E-state index contributed by atoms with van der Waals surface area (Å²) in [6, 6.07) is 20.1. The third kappa shape index (κ3) is 3.01. The van der Waals surface area contributed by atoms with Gasteiger partial charge < -0.3 is 0 Å². The second-order valence-electron chi connectivity index (χ2n) is 6.76. The van der Waals surface area contributed by atoms with Crippen LogP contribution in [0.5, 0.6) is 0 Å². The molecule has 3 aromatic carbocycles. The first-order chi connectivity index (χ1) is 13.1. The van der Waals surface area contributed by atoms with E-state index in [0.717, 1.165) is 11.4 Å². The van der Waals surface area contributed by atoms with E-state index in [9.17, 15) is 0 Å². The Morgan fingerprint density at radius 2 is 1.19 bits per heavy atom. The second-order valence-corrected chi connectivity index (χ2v) is 8.91. The molecule has 0 aliphatic carbocycles. The van der Waals surface area contributed by atoms with Crippen LogP contribution in [0.4, 0.5) is 11.4 Å². The lowest BCUT2D eigenvalue weighted by molar-refractivity contribution is 1.43. The fraction of sp³-hybridized carbons (Fsp3) is 0.167. The minimum Gasteiger partial charge on any atom is -0.261 e. The van der Waals surface area contributed by atoms with Crippen molar-refractivity contribution in [1.82, 2.24) is 0 Å². The largest absolute Gasteiger partial charge is 0.261 e. The first-order valence-electron chi connectivity index (χ1n) is 9.26. The molecule has 0 amide bonds. The summed E-state index contributed by atoms with van der Waals surface area (Å²) >= 11 is 0. The fourth-order valence-corrected chi connectivity index (χ4v) is 6.49. The third-order valence-electron chi connectivity index (χ3n) is 4.95. The van der Waals surface area contributed by atoms with Crippen LogP contribution in [0.15, 0.2) is 64.6 Å². The first-order valence-corrected chi connectivity index (χ1v) is 10.6. The van der Waals surface area contributed by atoms with Crippen LogP contribution in [0.1, 0.15) is 25.0 Å². The summed E-state index contributed by atoms with van der Waals surface area (Å²) in [6.45, 7) is 8.24. The number of aryl methyl sites for hydroxylation is 2. The van der Waals surface area contributed by atoms with Crippen molar-refractivity contribution in [2.75, 3.05) is 0 Å². The molecule has 0 saturated carbocycles. The van der Waals surface area contributed by atoms with Crippen LogP contribution in [0.25, 0.3) is 26.3 Å². The van der Waals surface area contributed by atoms with Crippen molar-refractivity contribution in [3.63, 3.8) is 0 Å². The quantitative estimate of drug-likeness (QED) is 0.326. The van der Waals surface area contributed by atoms with Gasteiger partial charge >= 0.3 is 0 Å². The van der Waals surface area contributed by atoms with Crippen LogP contribution < -0.4 is 0 Å². The minimum atomic E-state index is -0.551. The predicted octanol–water partition coefficient (Wildman–Crippen LogP) is 8.03. The molecule has 4 aromatic rings. The molecule has 0 aliphatic rings. The third-order valence-corrected chi connectivity index (χ3v) is 7.47. The summed E-state index contributed by atoms with van der Waals surface area (Å²) in [5.41, 5.74) is 4.56. The highest BCUT2D eigenvalue weighted by Gasteiger charge is 2.16. The van der Waals surface area contributed by atoms with E-state index in [2.05, 4.69) is 78.4 Å². The van der Waals surface area contributed by atoms with E-state index in [0.29, 0.717) is 0 Å². The van der Waals surface area contributed by atoms with Gasteiger partial charge in [0.1, 0.15) is 0 Å². The van der Waals surface area contributed by atoms with Crippen molar-refractivity contribution in [3.8, 4) is 5.30 Å². The van der Waals surface area contributed by atoms with E-state index in [4.69, 9.17) is 0 Å². The SMILES string of the molecule is CC=Nc1cc2c3cc(N=CC)c(C)cc3p(-c3ccccc3)c2cc1C. The smallest absolute Gasteiger partial charge is 0.0661 e. The maximum absolute atomic E-state index is 4.58. The summed E-state index contributed by atoms with van der Waals surface area (Å²) in [4.78, 5) is 9.17. The maximum Gasteiger partial charge on any atom is 0.0661 e. The van der Waals surface area contributed by atoms with Gasteiger partial charge in [-0.05, 0) is 79.2 Å². The molecule has 4 rings (SSSR count). The van der Waals surface area contributed by atoms with E-state index in [1.807, 2.05) is 26.3 Å². The van der Waals surface area contributed by atoms with E-state index in [1.165, 1.54) is 37.4 Å². The van der Waals surface area contributed by atoms with E-state index < -0.39 is 7.53 Å². The van der Waals surface area contributed by atoms with Crippen molar-refractivity contribution >= 4 is 52.3 Å². The lowest BCUT2D eigenvalue weighted by Gasteiger charge is -2.06. The Balaban J connectivity index is 2.19. The van der Waals surface area contributed by atoms with Gasteiger partial charge in [-0.2, -0.15) is 0 Å². The average molecular weight is 370 g/mol. The molecule has 0 N–H and O–H groups in total. The van der Waals surface area contributed by atoms with Crippen molar-refractivity contribution in [2.45, 2.75) is 27.7 Å². The molecule has 0 atom stereocenters. The number of fused-ring (bicyclic) bond motifs is 3. The molecular weight excluding hydrogens is 347 g/mol. The summed E-state index contributed by atoms with van der Waals surface area (Å²) in [6.07, 6.45) is 3.74. The molecule has 0 unspecified atom stereocenters. The molecule has 1 heterocycles. The lowest BCUT2D eigenvalue weighted by atomic mass is 10.1. The van der Waals surface area contributed by atoms with Gasteiger partial charge in [0, 0.05) is 22.7 Å². The van der Waals surface area contributed by atoms with Crippen LogP contribution in [0.2, 0.25) is 0 Å². The Morgan fingerprint density at radius 3 is 1.63 bits per heavy atom. The molecule has 134 valence electrons. The molecule has 0 saturated heterocycles. The van der Waals surface area contributed by atoms with Gasteiger partial charge in [-0.1, -0.05) is 37.9 Å². The molecular formula is C24H23N2P. The average Bonchev–Trinajstić information content (AvgIpc) is 2.96. The summed E-state index contributed by atoms with van der Waals surface area (Å²) in [5, 5.41) is 6.86. The Kier molecular flexibility index (Phi) is 4.68. The Hall–Kier alpha value is -2.70. The van der Waals surface area contributed by atoms with Crippen LogP contribution >= 0.6 is 7.53 Å². The number of nitrogens with zero attached hydrogens (tertiary/aromatic N) is 2. The normalized spacial score (nSPS) is 12.8. The topological polar surface area (TPSA) is 24.7 Å². The zero-order chi connectivity index (χ0) is 19.0. The molecule has 0 radical (unpaired) electrons. The predicted molar refractivity (Wildman–Crippen MR) is 123 cm³/mol. The van der Waals surface area contributed by atoms with E-state index in [-0.39, 0.29) is 0 Å². The second kappa shape index (κ2) is 7.13. The van der Waals surface area contributed by atoms with E-state index >= 15 is 0 Å². The maximum atomic E-state index is 4.58. The highest BCUT2D eigenvalue weighted by molar-refractivity contribution is 7.67. The van der Waals surface area contributed by atoms with Crippen LogP contribution in [-0.4, -0.2) is 12.4 Å². The van der Waals surface area contributed by atoms with Crippen molar-refractivity contribution < 1.29 is 0 Å².